The number of morpholine rings is 1. The molecular weight excluding hydrogens is 260 g/mol. The summed E-state index contributed by atoms with van der Waals surface area (Å²) in [5.41, 5.74) is 0. The quantitative estimate of drug-likeness (QED) is 0.707. The SMILES string of the molecule is CC(=O)C(NC(=O)CN1CC(C)OC(CO)C1)C(C)C. The third kappa shape index (κ3) is 5.19. The van der Waals surface area contributed by atoms with E-state index in [1.807, 2.05) is 25.7 Å². The lowest BCUT2D eigenvalue weighted by molar-refractivity contribution is -0.132. The summed E-state index contributed by atoms with van der Waals surface area (Å²) < 4.78 is 5.53. The van der Waals surface area contributed by atoms with Crippen LogP contribution >= 0.6 is 0 Å². The molecule has 6 heteroatoms. The van der Waals surface area contributed by atoms with Gasteiger partial charge in [-0.25, -0.2) is 0 Å². The lowest BCUT2D eigenvalue weighted by Crippen LogP contribution is -2.53. The molecule has 20 heavy (non-hydrogen) atoms. The highest BCUT2D eigenvalue weighted by Crippen LogP contribution is 2.10. The van der Waals surface area contributed by atoms with Crippen LogP contribution < -0.4 is 5.32 Å². The number of carbonyl (C=O) groups is 2. The number of ether oxygens (including phenoxy) is 1. The number of ketones is 1. The van der Waals surface area contributed by atoms with Gasteiger partial charge in [0.15, 0.2) is 5.78 Å². The first-order chi connectivity index (χ1) is 9.33. The Bertz CT molecular complexity index is 346. The molecule has 0 aromatic carbocycles. The summed E-state index contributed by atoms with van der Waals surface area (Å²) in [4.78, 5) is 25.5. The van der Waals surface area contributed by atoms with E-state index in [1.165, 1.54) is 6.92 Å². The van der Waals surface area contributed by atoms with E-state index in [9.17, 15) is 9.59 Å². The summed E-state index contributed by atoms with van der Waals surface area (Å²) in [6, 6.07) is -0.436. The van der Waals surface area contributed by atoms with Crippen molar-refractivity contribution in [2.45, 2.75) is 45.9 Å². The van der Waals surface area contributed by atoms with Gasteiger partial charge in [0, 0.05) is 13.1 Å². The minimum absolute atomic E-state index is 0.0117. The Labute approximate surface area is 120 Å². The first-order valence-corrected chi connectivity index (χ1v) is 7.12. The van der Waals surface area contributed by atoms with Crippen molar-refractivity contribution in [1.82, 2.24) is 10.2 Å². The van der Waals surface area contributed by atoms with Crippen LogP contribution in [-0.4, -0.2) is 66.2 Å². The zero-order valence-corrected chi connectivity index (χ0v) is 12.8. The number of nitrogens with one attached hydrogen (secondary N) is 1. The molecule has 1 aliphatic heterocycles. The van der Waals surface area contributed by atoms with Crippen molar-refractivity contribution in [1.29, 1.82) is 0 Å². The molecule has 1 amide bonds. The second-order valence-corrected chi connectivity index (χ2v) is 5.85. The number of hydrogen-bond acceptors (Lipinski definition) is 5. The highest BCUT2D eigenvalue weighted by Gasteiger charge is 2.27. The second kappa shape index (κ2) is 7.71. The number of hydrogen-bond donors (Lipinski definition) is 2. The molecule has 0 saturated carbocycles. The van der Waals surface area contributed by atoms with E-state index >= 15 is 0 Å². The fourth-order valence-corrected chi connectivity index (χ4v) is 2.53. The van der Waals surface area contributed by atoms with E-state index in [0.717, 1.165) is 0 Å². The van der Waals surface area contributed by atoms with Gasteiger partial charge in [-0.3, -0.25) is 14.5 Å². The number of aliphatic hydroxyl groups is 1. The monoisotopic (exact) mass is 286 g/mol. The van der Waals surface area contributed by atoms with Gasteiger partial charge in [-0.1, -0.05) is 13.8 Å². The molecule has 3 atom stereocenters. The Morgan fingerprint density at radius 1 is 1.40 bits per heavy atom. The first kappa shape index (κ1) is 17.1. The number of nitrogens with zero attached hydrogens (tertiary/aromatic N) is 1. The predicted octanol–water partition coefficient (Wildman–Crippen LogP) is -0.202. The summed E-state index contributed by atoms with van der Waals surface area (Å²) in [7, 11) is 0. The Kier molecular flexibility index (Phi) is 6.58. The first-order valence-electron chi connectivity index (χ1n) is 7.12. The van der Waals surface area contributed by atoms with Gasteiger partial charge in [0.2, 0.25) is 5.91 Å². The van der Waals surface area contributed by atoms with Crippen LogP contribution in [0.25, 0.3) is 0 Å². The molecule has 1 saturated heterocycles. The Morgan fingerprint density at radius 2 is 2.05 bits per heavy atom. The minimum atomic E-state index is -0.436. The van der Waals surface area contributed by atoms with E-state index in [4.69, 9.17) is 9.84 Å². The molecular formula is C14H26N2O4. The molecule has 0 radical (unpaired) electrons. The smallest absolute Gasteiger partial charge is 0.234 e. The number of Topliss-reactive ketones (excluding diaryl/α,β-unsaturated/α-hetero) is 1. The van der Waals surface area contributed by atoms with Gasteiger partial charge in [0.1, 0.15) is 0 Å². The maximum atomic E-state index is 12.0. The third-order valence-corrected chi connectivity index (χ3v) is 3.39. The number of aliphatic hydroxyl groups excluding tert-OH is 1. The minimum Gasteiger partial charge on any atom is -0.394 e. The van der Waals surface area contributed by atoms with Gasteiger partial charge in [0.05, 0.1) is 31.4 Å². The van der Waals surface area contributed by atoms with E-state index in [-0.39, 0.29) is 43.0 Å². The fraction of sp³-hybridized carbons (Fsp3) is 0.857. The standard InChI is InChI=1S/C14H26N2O4/c1-9(2)14(11(4)18)15-13(19)7-16-5-10(3)20-12(6-16)8-17/h9-10,12,14,17H,5-8H2,1-4H3,(H,15,19). The topological polar surface area (TPSA) is 78.9 Å². The molecule has 0 aromatic heterocycles. The van der Waals surface area contributed by atoms with Gasteiger partial charge < -0.3 is 15.2 Å². The zero-order valence-electron chi connectivity index (χ0n) is 12.8. The van der Waals surface area contributed by atoms with Crippen molar-refractivity contribution in [3.05, 3.63) is 0 Å². The van der Waals surface area contributed by atoms with E-state index in [2.05, 4.69) is 5.32 Å². The average molecular weight is 286 g/mol. The molecule has 1 rings (SSSR count). The Hall–Kier alpha value is -0.980. The molecule has 0 aromatic rings. The largest absolute Gasteiger partial charge is 0.394 e. The van der Waals surface area contributed by atoms with Crippen LogP contribution in [0, 0.1) is 5.92 Å². The lowest BCUT2D eigenvalue weighted by atomic mass is 10.0. The zero-order chi connectivity index (χ0) is 15.3. The van der Waals surface area contributed by atoms with Crippen LogP contribution in [-0.2, 0) is 14.3 Å². The summed E-state index contributed by atoms with van der Waals surface area (Å²) in [5, 5.41) is 11.9. The van der Waals surface area contributed by atoms with Crippen molar-refractivity contribution in [2.24, 2.45) is 5.92 Å². The molecule has 1 heterocycles. The van der Waals surface area contributed by atoms with Crippen molar-refractivity contribution in [3.8, 4) is 0 Å². The molecule has 0 spiro atoms. The van der Waals surface area contributed by atoms with E-state index in [1.54, 1.807) is 0 Å². The van der Waals surface area contributed by atoms with Gasteiger partial charge in [0.25, 0.3) is 0 Å². The Morgan fingerprint density at radius 3 is 2.55 bits per heavy atom. The van der Waals surface area contributed by atoms with Crippen molar-refractivity contribution >= 4 is 11.7 Å². The van der Waals surface area contributed by atoms with Crippen molar-refractivity contribution in [2.75, 3.05) is 26.2 Å². The summed E-state index contributed by atoms with van der Waals surface area (Å²) in [6.07, 6.45) is -0.261. The highest BCUT2D eigenvalue weighted by molar-refractivity contribution is 5.88. The maximum Gasteiger partial charge on any atom is 0.234 e. The summed E-state index contributed by atoms with van der Waals surface area (Å²) in [6.45, 7) is 8.57. The van der Waals surface area contributed by atoms with Crippen molar-refractivity contribution < 1.29 is 19.4 Å². The molecule has 1 aliphatic rings. The van der Waals surface area contributed by atoms with Gasteiger partial charge in [-0.2, -0.15) is 0 Å². The van der Waals surface area contributed by atoms with Gasteiger partial charge in [-0.05, 0) is 19.8 Å². The molecule has 2 N–H and O–H groups in total. The number of amides is 1. The van der Waals surface area contributed by atoms with E-state index in [0.29, 0.717) is 13.1 Å². The van der Waals surface area contributed by atoms with Crippen LogP contribution in [0.5, 0.6) is 0 Å². The predicted molar refractivity (Wildman–Crippen MR) is 75.3 cm³/mol. The van der Waals surface area contributed by atoms with E-state index < -0.39 is 6.04 Å². The molecule has 116 valence electrons. The van der Waals surface area contributed by atoms with Crippen LogP contribution in [0.2, 0.25) is 0 Å². The van der Waals surface area contributed by atoms with Gasteiger partial charge in [-0.15, -0.1) is 0 Å². The van der Waals surface area contributed by atoms with Gasteiger partial charge >= 0.3 is 0 Å². The summed E-state index contributed by atoms with van der Waals surface area (Å²) in [5.74, 6) is -0.119. The average Bonchev–Trinajstić information content (AvgIpc) is 2.34. The molecule has 3 unspecified atom stereocenters. The second-order valence-electron chi connectivity index (χ2n) is 5.85. The molecule has 0 bridgehead atoms. The molecule has 1 fully saturated rings. The Balaban J connectivity index is 2.50. The maximum absolute atomic E-state index is 12.0. The molecule has 6 nitrogen and oxygen atoms in total. The van der Waals surface area contributed by atoms with Crippen LogP contribution in [0.1, 0.15) is 27.7 Å². The number of rotatable bonds is 6. The van der Waals surface area contributed by atoms with Crippen LogP contribution in [0.15, 0.2) is 0 Å². The third-order valence-electron chi connectivity index (χ3n) is 3.39. The summed E-state index contributed by atoms with van der Waals surface area (Å²) >= 11 is 0. The van der Waals surface area contributed by atoms with Crippen LogP contribution in [0.4, 0.5) is 0 Å². The van der Waals surface area contributed by atoms with Crippen LogP contribution in [0.3, 0.4) is 0 Å². The highest BCUT2D eigenvalue weighted by atomic mass is 16.5. The fourth-order valence-electron chi connectivity index (χ4n) is 2.53. The number of carbonyl (C=O) groups excluding carboxylic acids is 2. The normalized spacial score (nSPS) is 25.5. The van der Waals surface area contributed by atoms with Crippen molar-refractivity contribution in [3.63, 3.8) is 0 Å². The molecule has 0 aliphatic carbocycles. The lowest BCUT2D eigenvalue weighted by Gasteiger charge is -2.35.